The van der Waals surface area contributed by atoms with Crippen molar-refractivity contribution in [1.82, 2.24) is 0 Å². The third kappa shape index (κ3) is 6.14. The molecule has 0 radical (unpaired) electrons. The molecule has 124 valence electrons. The minimum absolute atomic E-state index is 0. The number of carbonyl (C=O) groups excluding carboxylic acids is 1. The molecule has 0 atom stereocenters. The molecule has 1 amide bonds. The smallest absolute Gasteiger partial charge is 0.224 e. The van der Waals surface area contributed by atoms with Gasteiger partial charge in [0.25, 0.3) is 0 Å². The summed E-state index contributed by atoms with van der Waals surface area (Å²) in [5.74, 6) is 0.105. The summed E-state index contributed by atoms with van der Waals surface area (Å²) < 4.78 is 2.15. The highest BCUT2D eigenvalue weighted by molar-refractivity contribution is 5.92. The first-order chi connectivity index (χ1) is 10.6. The molecule has 2 aromatic rings. The van der Waals surface area contributed by atoms with E-state index in [2.05, 4.69) is 41.3 Å². The molecule has 1 aromatic heterocycles. The second-order valence-corrected chi connectivity index (χ2v) is 5.89. The van der Waals surface area contributed by atoms with Crippen LogP contribution in [0.25, 0.3) is 0 Å². The molecular weight excluding hydrogens is 352 g/mol. The van der Waals surface area contributed by atoms with Crippen LogP contribution in [0, 0.1) is 20.8 Å². The van der Waals surface area contributed by atoms with Gasteiger partial charge in [-0.1, -0.05) is 23.8 Å². The molecule has 1 aromatic carbocycles. The fourth-order valence-corrected chi connectivity index (χ4v) is 2.74. The lowest BCUT2D eigenvalue weighted by Gasteiger charge is -2.12. The molecule has 0 saturated heterocycles. The number of anilines is 1. The summed E-state index contributed by atoms with van der Waals surface area (Å²) in [4.78, 5) is 12.1. The highest BCUT2D eigenvalue weighted by atomic mass is 79.9. The van der Waals surface area contributed by atoms with Gasteiger partial charge in [-0.2, -0.15) is 0 Å². The van der Waals surface area contributed by atoms with Crippen LogP contribution in [-0.4, -0.2) is 5.91 Å². The normalized spacial score (nSPS) is 10.0. The summed E-state index contributed by atoms with van der Waals surface area (Å²) in [7, 11) is 0. The number of unbranched alkanes of at least 4 members (excludes halogenated alkanes) is 1. The van der Waals surface area contributed by atoms with Crippen molar-refractivity contribution in [3.63, 3.8) is 0 Å². The average Bonchev–Trinajstić information content (AvgIpc) is 2.48. The van der Waals surface area contributed by atoms with E-state index in [9.17, 15) is 4.79 Å². The minimum Gasteiger partial charge on any atom is -1.00 e. The van der Waals surface area contributed by atoms with Gasteiger partial charge >= 0.3 is 0 Å². The molecular formula is C19H25BrN2O. The fourth-order valence-electron chi connectivity index (χ4n) is 2.74. The number of halogens is 1. The minimum atomic E-state index is 0. The van der Waals surface area contributed by atoms with Crippen molar-refractivity contribution in [2.75, 3.05) is 5.32 Å². The number of aromatic nitrogens is 1. The van der Waals surface area contributed by atoms with Crippen LogP contribution in [0.15, 0.2) is 42.7 Å². The van der Waals surface area contributed by atoms with E-state index in [-0.39, 0.29) is 22.9 Å². The number of pyridine rings is 1. The summed E-state index contributed by atoms with van der Waals surface area (Å²) >= 11 is 0. The van der Waals surface area contributed by atoms with E-state index in [1.54, 1.807) is 0 Å². The molecule has 0 saturated carbocycles. The van der Waals surface area contributed by atoms with Gasteiger partial charge in [0.2, 0.25) is 5.91 Å². The third-order valence-electron chi connectivity index (χ3n) is 3.79. The lowest BCUT2D eigenvalue weighted by atomic mass is 10.0. The standard InChI is InChI=1S/C19H24N2O.BrH/c1-15-13-16(2)19(17(3)14-15)20-18(22)9-5-8-12-21-10-6-4-7-11-21;/h4,6-7,10-11,13-14H,5,8-9,12H2,1-3H3;1H. The van der Waals surface area contributed by atoms with Crippen LogP contribution in [0.1, 0.15) is 36.0 Å². The number of hydrogen-bond acceptors (Lipinski definition) is 1. The first-order valence-corrected chi connectivity index (χ1v) is 7.88. The Labute approximate surface area is 149 Å². The summed E-state index contributed by atoms with van der Waals surface area (Å²) in [5.41, 5.74) is 4.46. The van der Waals surface area contributed by atoms with Gasteiger partial charge in [-0.25, -0.2) is 4.57 Å². The molecule has 0 aliphatic rings. The van der Waals surface area contributed by atoms with Gasteiger partial charge in [0, 0.05) is 30.7 Å². The van der Waals surface area contributed by atoms with E-state index in [0.717, 1.165) is 36.2 Å². The van der Waals surface area contributed by atoms with Gasteiger partial charge < -0.3 is 22.3 Å². The SMILES string of the molecule is Cc1cc(C)c(NC(=O)CCCC[n+]2ccccc2)c(C)c1.[Br-]. The monoisotopic (exact) mass is 376 g/mol. The van der Waals surface area contributed by atoms with Crippen LogP contribution in [0.5, 0.6) is 0 Å². The van der Waals surface area contributed by atoms with Crippen LogP contribution in [0.4, 0.5) is 5.69 Å². The lowest BCUT2D eigenvalue weighted by molar-refractivity contribution is -0.697. The van der Waals surface area contributed by atoms with Crippen LogP contribution in [0.2, 0.25) is 0 Å². The van der Waals surface area contributed by atoms with E-state index < -0.39 is 0 Å². The maximum Gasteiger partial charge on any atom is 0.224 e. The predicted molar refractivity (Wildman–Crippen MR) is 89.8 cm³/mol. The zero-order chi connectivity index (χ0) is 15.9. The van der Waals surface area contributed by atoms with Crippen molar-refractivity contribution in [2.24, 2.45) is 0 Å². The summed E-state index contributed by atoms with van der Waals surface area (Å²) in [6, 6.07) is 10.3. The van der Waals surface area contributed by atoms with Crippen LogP contribution in [0.3, 0.4) is 0 Å². The summed E-state index contributed by atoms with van der Waals surface area (Å²) in [6.45, 7) is 7.12. The fraction of sp³-hybridized carbons (Fsp3) is 0.368. The van der Waals surface area contributed by atoms with Crippen molar-refractivity contribution in [3.8, 4) is 0 Å². The van der Waals surface area contributed by atoms with Gasteiger partial charge in [-0.3, -0.25) is 4.79 Å². The molecule has 0 unspecified atom stereocenters. The predicted octanol–water partition coefficient (Wildman–Crippen LogP) is 0.712. The zero-order valence-electron chi connectivity index (χ0n) is 14.1. The first-order valence-electron chi connectivity index (χ1n) is 7.88. The Morgan fingerprint density at radius 3 is 2.22 bits per heavy atom. The van der Waals surface area contributed by atoms with Crippen molar-refractivity contribution < 1.29 is 26.3 Å². The molecule has 23 heavy (non-hydrogen) atoms. The van der Waals surface area contributed by atoms with Crippen LogP contribution in [-0.2, 0) is 11.3 Å². The Morgan fingerprint density at radius 2 is 1.61 bits per heavy atom. The number of nitrogens with zero attached hydrogens (tertiary/aromatic N) is 1. The molecule has 2 rings (SSSR count). The molecule has 0 bridgehead atoms. The van der Waals surface area contributed by atoms with Gasteiger partial charge in [0.15, 0.2) is 12.4 Å². The molecule has 4 heteroatoms. The number of amides is 1. The highest BCUT2D eigenvalue weighted by Crippen LogP contribution is 2.22. The van der Waals surface area contributed by atoms with Crippen LogP contribution < -0.4 is 26.9 Å². The Morgan fingerprint density at radius 1 is 1.00 bits per heavy atom. The zero-order valence-corrected chi connectivity index (χ0v) is 15.7. The summed E-state index contributed by atoms with van der Waals surface area (Å²) in [5, 5.41) is 3.06. The Balaban J connectivity index is 0.00000264. The molecule has 3 nitrogen and oxygen atoms in total. The molecule has 0 spiro atoms. The van der Waals surface area contributed by atoms with Crippen molar-refractivity contribution in [3.05, 3.63) is 59.4 Å². The van der Waals surface area contributed by atoms with E-state index in [1.807, 2.05) is 32.0 Å². The van der Waals surface area contributed by atoms with E-state index in [4.69, 9.17) is 0 Å². The molecule has 1 N–H and O–H groups in total. The average molecular weight is 377 g/mol. The molecule has 0 aliphatic carbocycles. The number of hydrogen-bond donors (Lipinski definition) is 1. The van der Waals surface area contributed by atoms with Crippen LogP contribution >= 0.6 is 0 Å². The molecule has 0 fully saturated rings. The number of nitrogens with one attached hydrogen (secondary N) is 1. The largest absolute Gasteiger partial charge is 1.00 e. The van der Waals surface area contributed by atoms with Gasteiger partial charge in [0.1, 0.15) is 6.54 Å². The maximum absolute atomic E-state index is 12.1. The van der Waals surface area contributed by atoms with Crippen molar-refractivity contribution in [2.45, 2.75) is 46.6 Å². The van der Waals surface area contributed by atoms with E-state index in [1.165, 1.54) is 5.56 Å². The maximum atomic E-state index is 12.1. The lowest BCUT2D eigenvalue weighted by Crippen LogP contribution is -3.00. The van der Waals surface area contributed by atoms with Gasteiger partial charge in [-0.05, 0) is 38.3 Å². The number of aryl methyl sites for hydroxylation is 4. The second-order valence-electron chi connectivity index (χ2n) is 5.89. The Bertz CT molecular complexity index is 618. The summed E-state index contributed by atoms with van der Waals surface area (Å²) in [6.07, 6.45) is 6.59. The van der Waals surface area contributed by atoms with Gasteiger partial charge in [0.05, 0.1) is 0 Å². The molecule has 0 aliphatic heterocycles. The van der Waals surface area contributed by atoms with Crippen molar-refractivity contribution in [1.29, 1.82) is 0 Å². The molecule has 1 heterocycles. The van der Waals surface area contributed by atoms with E-state index in [0.29, 0.717) is 6.42 Å². The number of rotatable bonds is 6. The first kappa shape index (κ1) is 19.4. The number of carbonyl (C=O) groups is 1. The van der Waals surface area contributed by atoms with E-state index >= 15 is 0 Å². The number of benzene rings is 1. The quantitative estimate of drug-likeness (QED) is 0.584. The highest BCUT2D eigenvalue weighted by Gasteiger charge is 2.08. The Hall–Kier alpha value is -1.68. The Kier molecular flexibility index (Phi) is 7.96. The second kappa shape index (κ2) is 9.46. The van der Waals surface area contributed by atoms with Gasteiger partial charge in [-0.15, -0.1) is 0 Å². The third-order valence-corrected chi connectivity index (χ3v) is 3.79. The topological polar surface area (TPSA) is 33.0 Å². The van der Waals surface area contributed by atoms with Crippen molar-refractivity contribution >= 4 is 11.6 Å².